The van der Waals surface area contributed by atoms with Gasteiger partial charge in [0.05, 0.1) is 19.3 Å². The van der Waals surface area contributed by atoms with Crippen LogP contribution in [0.5, 0.6) is 0 Å². The topological polar surface area (TPSA) is 84.7 Å². The van der Waals surface area contributed by atoms with E-state index in [4.69, 9.17) is 10.5 Å². The van der Waals surface area contributed by atoms with Crippen LogP contribution < -0.4 is 11.1 Å². The molecule has 104 valence electrons. The SMILES string of the molecule is CC(C)C(NC(=O)[C@@H](C)N)C(=O)N1CCOCC1. The molecule has 6 nitrogen and oxygen atoms in total. The number of nitrogens with two attached hydrogens (primary N) is 1. The number of hydrogen-bond donors (Lipinski definition) is 2. The number of carbonyl (C=O) groups excluding carboxylic acids is 2. The highest BCUT2D eigenvalue weighted by atomic mass is 16.5. The Hall–Kier alpha value is -1.14. The Balaban J connectivity index is 2.65. The van der Waals surface area contributed by atoms with E-state index in [2.05, 4.69) is 5.32 Å². The summed E-state index contributed by atoms with van der Waals surface area (Å²) in [5, 5.41) is 2.72. The Morgan fingerprint density at radius 2 is 1.78 bits per heavy atom. The molecular weight excluding hydrogens is 234 g/mol. The predicted octanol–water partition coefficient (Wildman–Crippen LogP) is -0.667. The van der Waals surface area contributed by atoms with Crippen molar-refractivity contribution in [1.29, 1.82) is 0 Å². The van der Waals surface area contributed by atoms with Crippen molar-refractivity contribution in [2.45, 2.75) is 32.9 Å². The van der Waals surface area contributed by atoms with Crippen LogP contribution in [0.25, 0.3) is 0 Å². The van der Waals surface area contributed by atoms with Crippen LogP contribution in [0.4, 0.5) is 0 Å². The smallest absolute Gasteiger partial charge is 0.245 e. The van der Waals surface area contributed by atoms with Crippen LogP contribution in [-0.2, 0) is 14.3 Å². The van der Waals surface area contributed by atoms with Crippen LogP contribution in [0.15, 0.2) is 0 Å². The van der Waals surface area contributed by atoms with E-state index >= 15 is 0 Å². The Labute approximate surface area is 108 Å². The van der Waals surface area contributed by atoms with E-state index in [0.29, 0.717) is 26.3 Å². The second-order valence-electron chi connectivity index (χ2n) is 4.96. The first-order valence-electron chi connectivity index (χ1n) is 6.36. The molecule has 0 saturated carbocycles. The highest BCUT2D eigenvalue weighted by Gasteiger charge is 2.29. The Morgan fingerprint density at radius 1 is 1.22 bits per heavy atom. The number of ether oxygens (including phenoxy) is 1. The summed E-state index contributed by atoms with van der Waals surface area (Å²) < 4.78 is 5.21. The second kappa shape index (κ2) is 6.70. The number of nitrogens with one attached hydrogen (secondary N) is 1. The van der Waals surface area contributed by atoms with Gasteiger partial charge in [0.25, 0.3) is 0 Å². The predicted molar refractivity (Wildman–Crippen MR) is 67.8 cm³/mol. The molecule has 1 heterocycles. The zero-order valence-corrected chi connectivity index (χ0v) is 11.3. The Kier molecular flexibility index (Phi) is 5.55. The maximum absolute atomic E-state index is 12.3. The summed E-state index contributed by atoms with van der Waals surface area (Å²) in [4.78, 5) is 25.7. The first kappa shape index (κ1) is 14.9. The molecule has 0 bridgehead atoms. The summed E-state index contributed by atoms with van der Waals surface area (Å²) in [6.07, 6.45) is 0. The lowest BCUT2D eigenvalue weighted by molar-refractivity contribution is -0.141. The minimum Gasteiger partial charge on any atom is -0.378 e. The van der Waals surface area contributed by atoms with Crippen LogP contribution >= 0.6 is 0 Å². The first-order valence-corrected chi connectivity index (χ1v) is 6.36. The van der Waals surface area contributed by atoms with Gasteiger partial charge in [0.1, 0.15) is 6.04 Å². The number of rotatable bonds is 4. The summed E-state index contributed by atoms with van der Waals surface area (Å²) in [6, 6.07) is -1.12. The van der Waals surface area contributed by atoms with Crippen LogP contribution in [-0.4, -0.2) is 55.1 Å². The minimum atomic E-state index is -0.608. The summed E-state index contributed by atoms with van der Waals surface area (Å²) in [6.45, 7) is 7.68. The van der Waals surface area contributed by atoms with Crippen molar-refractivity contribution in [2.75, 3.05) is 26.3 Å². The van der Waals surface area contributed by atoms with Crippen molar-refractivity contribution in [3.05, 3.63) is 0 Å². The number of amides is 2. The largest absolute Gasteiger partial charge is 0.378 e. The van der Waals surface area contributed by atoms with E-state index in [1.54, 1.807) is 11.8 Å². The van der Waals surface area contributed by atoms with E-state index in [1.165, 1.54) is 0 Å². The maximum Gasteiger partial charge on any atom is 0.245 e. The molecule has 1 rings (SSSR count). The van der Waals surface area contributed by atoms with E-state index in [-0.39, 0.29) is 17.7 Å². The van der Waals surface area contributed by atoms with Gasteiger partial charge in [-0.3, -0.25) is 9.59 Å². The number of nitrogens with zero attached hydrogens (tertiary/aromatic N) is 1. The summed E-state index contributed by atoms with van der Waals surface area (Å²) in [5.41, 5.74) is 5.51. The molecule has 0 aromatic heterocycles. The van der Waals surface area contributed by atoms with E-state index in [0.717, 1.165) is 0 Å². The molecular formula is C12H23N3O3. The highest BCUT2D eigenvalue weighted by Crippen LogP contribution is 2.08. The first-order chi connectivity index (χ1) is 8.43. The molecule has 0 spiro atoms. The Bertz CT molecular complexity index is 299. The molecule has 0 radical (unpaired) electrons. The van der Waals surface area contributed by atoms with Gasteiger partial charge in [0.2, 0.25) is 11.8 Å². The Morgan fingerprint density at radius 3 is 2.22 bits per heavy atom. The van der Waals surface area contributed by atoms with Gasteiger partial charge in [-0.2, -0.15) is 0 Å². The second-order valence-corrected chi connectivity index (χ2v) is 4.96. The molecule has 0 aromatic carbocycles. The molecule has 0 aromatic rings. The third-order valence-corrected chi connectivity index (χ3v) is 2.97. The molecule has 2 amide bonds. The monoisotopic (exact) mass is 257 g/mol. The van der Waals surface area contributed by atoms with Gasteiger partial charge < -0.3 is 20.7 Å². The van der Waals surface area contributed by atoms with Crippen molar-refractivity contribution < 1.29 is 14.3 Å². The lowest BCUT2D eigenvalue weighted by atomic mass is 10.0. The standard InChI is InChI=1S/C12H23N3O3/c1-8(2)10(14-11(16)9(3)13)12(17)15-4-6-18-7-5-15/h8-10H,4-7,13H2,1-3H3,(H,14,16)/t9-,10?/m1/s1. The molecule has 18 heavy (non-hydrogen) atoms. The van der Waals surface area contributed by atoms with Gasteiger partial charge in [-0.1, -0.05) is 13.8 Å². The molecule has 1 saturated heterocycles. The molecule has 6 heteroatoms. The molecule has 3 N–H and O–H groups in total. The van der Waals surface area contributed by atoms with E-state index < -0.39 is 12.1 Å². The molecule has 0 aliphatic carbocycles. The minimum absolute atomic E-state index is 0.0306. The van der Waals surface area contributed by atoms with Gasteiger partial charge >= 0.3 is 0 Å². The average Bonchev–Trinajstić information content (AvgIpc) is 2.35. The number of morpholine rings is 1. The van der Waals surface area contributed by atoms with Crippen LogP contribution in [0, 0.1) is 5.92 Å². The van der Waals surface area contributed by atoms with Crippen molar-refractivity contribution in [2.24, 2.45) is 11.7 Å². The zero-order valence-electron chi connectivity index (χ0n) is 11.3. The summed E-state index contributed by atoms with van der Waals surface area (Å²) in [7, 11) is 0. The van der Waals surface area contributed by atoms with Crippen molar-refractivity contribution >= 4 is 11.8 Å². The third kappa shape index (κ3) is 3.96. The van der Waals surface area contributed by atoms with E-state index in [1.807, 2.05) is 13.8 Å². The van der Waals surface area contributed by atoms with Gasteiger partial charge in [0, 0.05) is 13.1 Å². The number of hydrogen-bond acceptors (Lipinski definition) is 4. The van der Waals surface area contributed by atoms with Gasteiger partial charge in [-0.15, -0.1) is 0 Å². The fourth-order valence-electron chi connectivity index (χ4n) is 1.78. The molecule has 1 unspecified atom stereocenters. The van der Waals surface area contributed by atoms with E-state index in [9.17, 15) is 9.59 Å². The lowest BCUT2D eigenvalue weighted by Gasteiger charge is -2.32. The maximum atomic E-state index is 12.3. The fourth-order valence-corrected chi connectivity index (χ4v) is 1.78. The van der Waals surface area contributed by atoms with Crippen LogP contribution in [0.3, 0.4) is 0 Å². The van der Waals surface area contributed by atoms with Crippen molar-refractivity contribution in [1.82, 2.24) is 10.2 Å². The van der Waals surface area contributed by atoms with Crippen molar-refractivity contribution in [3.8, 4) is 0 Å². The lowest BCUT2D eigenvalue weighted by Crippen LogP contribution is -2.56. The normalized spacial score (nSPS) is 19.5. The highest BCUT2D eigenvalue weighted by molar-refractivity contribution is 5.89. The molecule has 1 fully saturated rings. The zero-order chi connectivity index (χ0) is 13.7. The average molecular weight is 257 g/mol. The van der Waals surface area contributed by atoms with Crippen LogP contribution in [0.2, 0.25) is 0 Å². The quantitative estimate of drug-likeness (QED) is 0.700. The molecule has 2 atom stereocenters. The molecule has 1 aliphatic heterocycles. The summed E-state index contributed by atoms with van der Waals surface area (Å²) >= 11 is 0. The van der Waals surface area contributed by atoms with Gasteiger partial charge in [-0.05, 0) is 12.8 Å². The molecule has 1 aliphatic rings. The number of carbonyl (C=O) groups is 2. The van der Waals surface area contributed by atoms with Gasteiger partial charge in [-0.25, -0.2) is 0 Å². The van der Waals surface area contributed by atoms with Crippen molar-refractivity contribution in [3.63, 3.8) is 0 Å². The summed E-state index contributed by atoms with van der Waals surface area (Å²) in [5.74, 6) is -0.319. The fraction of sp³-hybridized carbons (Fsp3) is 0.833. The van der Waals surface area contributed by atoms with Crippen LogP contribution in [0.1, 0.15) is 20.8 Å². The van der Waals surface area contributed by atoms with Gasteiger partial charge in [0.15, 0.2) is 0 Å². The third-order valence-electron chi connectivity index (χ3n) is 2.97.